The van der Waals surface area contributed by atoms with E-state index in [4.69, 9.17) is 0 Å². The summed E-state index contributed by atoms with van der Waals surface area (Å²) in [6.07, 6.45) is 0.397. The van der Waals surface area contributed by atoms with Crippen LogP contribution in [0.3, 0.4) is 0 Å². The van der Waals surface area contributed by atoms with Gasteiger partial charge in [0.05, 0.1) is 12.8 Å². The molecule has 0 amide bonds. The molecule has 0 aromatic carbocycles. The van der Waals surface area contributed by atoms with Crippen LogP contribution in [0, 0.1) is 0 Å². The van der Waals surface area contributed by atoms with Crippen molar-refractivity contribution >= 4 is 15.2 Å². The van der Waals surface area contributed by atoms with E-state index in [0.29, 0.717) is 12.8 Å². The summed E-state index contributed by atoms with van der Waals surface area (Å²) in [4.78, 5) is 10.2. The van der Waals surface area contributed by atoms with Gasteiger partial charge in [-0.3, -0.25) is 4.79 Å². The molecule has 0 aliphatic rings. The normalized spacial score (nSPS) is 8.29. The average Bonchev–Trinajstić information content (AvgIpc) is 1.68. The van der Waals surface area contributed by atoms with Crippen molar-refractivity contribution in [2.75, 3.05) is 12.8 Å². The Morgan fingerprint density at radius 3 is 2.57 bits per heavy atom. The molecule has 0 spiro atoms. The van der Waals surface area contributed by atoms with E-state index in [9.17, 15) is 4.79 Å². The Morgan fingerprint density at radius 1 is 1.86 bits per heavy atom. The first kappa shape index (κ1) is 6.90. The van der Waals surface area contributed by atoms with E-state index >= 15 is 0 Å². The van der Waals surface area contributed by atoms with Crippen molar-refractivity contribution in [3.63, 3.8) is 0 Å². The van der Waals surface area contributed by atoms with Crippen molar-refractivity contribution in [3.8, 4) is 0 Å². The van der Waals surface area contributed by atoms with Crippen LogP contribution in [-0.2, 0) is 9.53 Å². The van der Waals surface area contributed by atoms with E-state index in [1.54, 1.807) is 6.92 Å². The van der Waals surface area contributed by atoms with Gasteiger partial charge < -0.3 is 4.74 Å². The molecule has 7 heavy (non-hydrogen) atoms. The minimum atomic E-state index is -0.160. The molecule has 0 rings (SSSR count). The Labute approximate surface area is 45.4 Å². The molecule has 0 aliphatic carbocycles. The van der Waals surface area contributed by atoms with E-state index < -0.39 is 0 Å². The lowest BCUT2D eigenvalue weighted by Crippen LogP contribution is -2.03. The molecule has 3 heteroatoms. The summed E-state index contributed by atoms with van der Waals surface area (Å²) >= 11 is 0. The number of carbonyl (C=O) groups excluding carboxylic acids is 1. The molecule has 0 aromatic rings. The molecule has 1 unspecified atom stereocenters. The molecule has 0 aliphatic heterocycles. The lowest BCUT2D eigenvalue weighted by Gasteiger charge is -1.93. The van der Waals surface area contributed by atoms with Gasteiger partial charge in [-0.2, -0.15) is 0 Å². The van der Waals surface area contributed by atoms with E-state index in [2.05, 4.69) is 14.0 Å². The van der Waals surface area contributed by atoms with E-state index in [0.717, 1.165) is 0 Å². The monoisotopic (exact) mass is 120 g/mol. The highest BCUT2D eigenvalue weighted by molar-refractivity contribution is 7.18. The highest BCUT2D eigenvalue weighted by Crippen LogP contribution is 1.83. The van der Waals surface area contributed by atoms with Gasteiger partial charge in [-0.05, 0) is 6.92 Å². The molecular formula is C4H9O2P. The predicted octanol–water partition coefficient (Wildman–Crippen LogP) is 0.425. The van der Waals surface area contributed by atoms with Crippen molar-refractivity contribution in [2.24, 2.45) is 0 Å². The zero-order chi connectivity index (χ0) is 5.70. The third kappa shape index (κ3) is 3.74. The van der Waals surface area contributed by atoms with Crippen molar-refractivity contribution in [2.45, 2.75) is 6.92 Å². The molecule has 0 bridgehead atoms. The van der Waals surface area contributed by atoms with Crippen LogP contribution in [0.25, 0.3) is 0 Å². The summed E-state index contributed by atoms with van der Waals surface area (Å²) < 4.78 is 4.53. The van der Waals surface area contributed by atoms with Gasteiger partial charge in [0.25, 0.3) is 0 Å². The van der Waals surface area contributed by atoms with Crippen LogP contribution in [0.1, 0.15) is 6.92 Å². The maximum atomic E-state index is 10.2. The molecule has 2 nitrogen and oxygen atoms in total. The Balaban J connectivity index is 3.00. The van der Waals surface area contributed by atoms with E-state index in [-0.39, 0.29) is 5.97 Å². The lowest BCUT2D eigenvalue weighted by molar-refractivity contribution is -0.139. The van der Waals surface area contributed by atoms with Crippen molar-refractivity contribution < 1.29 is 9.53 Å². The summed E-state index contributed by atoms with van der Waals surface area (Å²) in [5, 5.41) is 0. The fraction of sp³-hybridized carbons (Fsp3) is 0.750. The SMILES string of the molecule is CCOC(=O)CP. The molecule has 1 atom stereocenters. The number of rotatable bonds is 2. The van der Waals surface area contributed by atoms with Gasteiger partial charge in [-0.1, -0.05) is 0 Å². The number of hydrogen-bond donors (Lipinski definition) is 0. The maximum Gasteiger partial charge on any atom is 0.309 e. The van der Waals surface area contributed by atoms with Crippen LogP contribution in [0.5, 0.6) is 0 Å². The topological polar surface area (TPSA) is 26.3 Å². The Bertz CT molecular complexity index is 62.7. The highest BCUT2D eigenvalue weighted by atomic mass is 31.0. The van der Waals surface area contributed by atoms with Crippen LogP contribution in [-0.4, -0.2) is 18.7 Å². The molecule has 0 saturated heterocycles. The quantitative estimate of drug-likeness (QED) is 0.390. The van der Waals surface area contributed by atoms with Gasteiger partial charge in [-0.15, -0.1) is 9.24 Å². The Hall–Kier alpha value is -0.100. The van der Waals surface area contributed by atoms with Crippen LogP contribution < -0.4 is 0 Å². The van der Waals surface area contributed by atoms with Gasteiger partial charge in [-0.25, -0.2) is 0 Å². The minimum absolute atomic E-state index is 0.160. The molecule has 0 heterocycles. The summed E-state index contributed by atoms with van der Waals surface area (Å²) in [7, 11) is 2.29. The Morgan fingerprint density at radius 2 is 2.43 bits per heavy atom. The third-order valence-electron chi connectivity index (χ3n) is 0.472. The summed E-state index contributed by atoms with van der Waals surface area (Å²) in [6.45, 7) is 2.27. The summed E-state index contributed by atoms with van der Waals surface area (Å²) in [5.74, 6) is -0.160. The standard InChI is InChI=1S/C4H9O2P/c1-2-6-4(5)3-7/h2-3,7H2,1H3. The molecule has 0 aromatic heterocycles. The molecule has 0 fully saturated rings. The maximum absolute atomic E-state index is 10.2. The highest BCUT2D eigenvalue weighted by Gasteiger charge is 1.91. The molecule has 0 saturated carbocycles. The molecule has 0 N–H and O–H groups in total. The lowest BCUT2D eigenvalue weighted by atomic mass is 10.8. The zero-order valence-corrected chi connectivity index (χ0v) is 5.46. The zero-order valence-electron chi connectivity index (χ0n) is 4.31. The molecule has 0 radical (unpaired) electrons. The van der Waals surface area contributed by atoms with Crippen molar-refractivity contribution in [3.05, 3.63) is 0 Å². The van der Waals surface area contributed by atoms with Gasteiger partial charge >= 0.3 is 5.97 Å². The summed E-state index contributed by atoms with van der Waals surface area (Å²) in [5.41, 5.74) is 0. The second-order valence-electron chi connectivity index (χ2n) is 1.01. The van der Waals surface area contributed by atoms with Crippen LogP contribution in [0.4, 0.5) is 0 Å². The average molecular weight is 120 g/mol. The number of esters is 1. The predicted molar refractivity (Wildman–Crippen MR) is 31.2 cm³/mol. The van der Waals surface area contributed by atoms with Crippen molar-refractivity contribution in [1.82, 2.24) is 0 Å². The second kappa shape index (κ2) is 4.07. The van der Waals surface area contributed by atoms with Crippen molar-refractivity contribution in [1.29, 1.82) is 0 Å². The molecule has 42 valence electrons. The van der Waals surface area contributed by atoms with Crippen LogP contribution >= 0.6 is 9.24 Å². The second-order valence-corrected chi connectivity index (χ2v) is 1.42. The van der Waals surface area contributed by atoms with E-state index in [1.165, 1.54) is 0 Å². The number of ether oxygens (including phenoxy) is 1. The summed E-state index contributed by atoms with van der Waals surface area (Å²) in [6, 6.07) is 0. The third-order valence-corrected chi connectivity index (χ3v) is 0.805. The van der Waals surface area contributed by atoms with Crippen LogP contribution in [0.15, 0.2) is 0 Å². The van der Waals surface area contributed by atoms with Gasteiger partial charge in [0.2, 0.25) is 0 Å². The minimum Gasteiger partial charge on any atom is -0.466 e. The number of hydrogen-bond acceptors (Lipinski definition) is 2. The van der Waals surface area contributed by atoms with Gasteiger partial charge in [0.15, 0.2) is 0 Å². The Kier molecular flexibility index (Phi) is 4.01. The first-order valence-corrected chi connectivity index (χ1v) is 2.98. The fourth-order valence-corrected chi connectivity index (χ4v) is 0.338. The molecular weight excluding hydrogens is 111 g/mol. The fourth-order valence-electron chi connectivity index (χ4n) is 0.220. The first-order valence-electron chi connectivity index (χ1n) is 2.17. The smallest absolute Gasteiger partial charge is 0.309 e. The first-order chi connectivity index (χ1) is 3.31. The van der Waals surface area contributed by atoms with E-state index in [1.807, 2.05) is 0 Å². The van der Waals surface area contributed by atoms with Crippen LogP contribution in [0.2, 0.25) is 0 Å². The van der Waals surface area contributed by atoms with Gasteiger partial charge in [0.1, 0.15) is 0 Å². The largest absolute Gasteiger partial charge is 0.466 e. The number of carbonyl (C=O) groups is 1. The van der Waals surface area contributed by atoms with Gasteiger partial charge in [0, 0.05) is 0 Å².